The number of hydrogen-bond acceptors (Lipinski definition) is 2. The minimum atomic E-state index is 1.22. The van der Waals surface area contributed by atoms with Crippen molar-refractivity contribution in [3.8, 4) is 0 Å². The smallest absolute Gasteiger partial charge is 0.154 e. The maximum Gasteiger partial charge on any atom is 0.154 e. The van der Waals surface area contributed by atoms with Crippen LogP contribution in [0.3, 0.4) is 0 Å². The molecule has 44 valence electrons. The van der Waals surface area contributed by atoms with Gasteiger partial charge in [-0.25, -0.2) is 4.99 Å². The van der Waals surface area contributed by atoms with Crippen LogP contribution in [0.5, 0.6) is 0 Å². The molecule has 0 radical (unpaired) electrons. The summed E-state index contributed by atoms with van der Waals surface area (Å²) in [6, 6.07) is 0. The molecule has 0 saturated carbocycles. The second-order valence-electron chi connectivity index (χ2n) is 0.900. The molecule has 0 atom stereocenters. The average molecular weight is 112 g/mol. The lowest BCUT2D eigenvalue weighted by molar-refractivity contribution is 0.271. The van der Waals surface area contributed by atoms with Crippen molar-refractivity contribution in [1.29, 1.82) is 0 Å². The van der Waals surface area contributed by atoms with E-state index in [2.05, 4.69) is 21.6 Å². The van der Waals surface area contributed by atoms with Crippen LogP contribution < -0.4 is 0 Å². The highest BCUT2D eigenvalue weighted by Gasteiger charge is 1.59. The van der Waals surface area contributed by atoms with E-state index in [1.165, 1.54) is 12.6 Å². The number of aliphatic imine (C=N–C) groups is 1. The van der Waals surface area contributed by atoms with Crippen molar-refractivity contribution in [2.45, 2.75) is 6.92 Å². The van der Waals surface area contributed by atoms with Crippen LogP contribution in [-0.4, -0.2) is 12.6 Å². The highest BCUT2D eigenvalue weighted by molar-refractivity contribution is 5.69. The Labute approximate surface area is 48.4 Å². The highest BCUT2D eigenvalue weighted by Crippen LogP contribution is 1.70. The highest BCUT2D eigenvalue weighted by atomic mass is 16.6. The molecule has 0 spiro atoms. The summed E-state index contributed by atoms with van der Waals surface area (Å²) in [6.07, 6.45) is 4.12. The Morgan fingerprint density at radius 3 is 2.88 bits per heavy atom. The van der Waals surface area contributed by atoms with Gasteiger partial charge in [0.05, 0.1) is 0 Å². The van der Waals surface area contributed by atoms with Crippen molar-refractivity contribution in [2.75, 3.05) is 0 Å². The normalized spacial score (nSPS) is 10.6. The molecule has 0 bridgehead atoms. The first kappa shape index (κ1) is 6.88. The van der Waals surface area contributed by atoms with Gasteiger partial charge in [-0.15, -0.1) is 0 Å². The summed E-state index contributed by atoms with van der Waals surface area (Å²) in [7, 11) is 0. The zero-order valence-electron chi connectivity index (χ0n) is 4.74. The van der Waals surface area contributed by atoms with E-state index < -0.39 is 0 Å². The first-order valence-corrected chi connectivity index (χ1v) is 2.18. The third-order valence-electron chi connectivity index (χ3n) is 0.398. The van der Waals surface area contributed by atoms with Gasteiger partial charge in [0.25, 0.3) is 0 Å². The SMILES string of the molecule is C=CO/N=C\N=C\C. The molecule has 0 aromatic carbocycles. The topological polar surface area (TPSA) is 34.0 Å². The molecule has 0 heterocycles. The van der Waals surface area contributed by atoms with Gasteiger partial charge in [-0.2, -0.15) is 0 Å². The van der Waals surface area contributed by atoms with E-state index in [1.54, 1.807) is 13.1 Å². The molecular weight excluding hydrogens is 104 g/mol. The molecule has 0 aromatic heterocycles. The Morgan fingerprint density at radius 1 is 1.62 bits per heavy atom. The molecule has 3 heteroatoms. The summed E-state index contributed by atoms with van der Waals surface area (Å²) in [5, 5.41) is 3.34. The van der Waals surface area contributed by atoms with Crippen molar-refractivity contribution in [2.24, 2.45) is 10.1 Å². The van der Waals surface area contributed by atoms with Crippen LogP contribution in [0, 0.1) is 0 Å². The van der Waals surface area contributed by atoms with Gasteiger partial charge in [0.1, 0.15) is 6.26 Å². The van der Waals surface area contributed by atoms with Gasteiger partial charge < -0.3 is 4.84 Å². The summed E-state index contributed by atoms with van der Waals surface area (Å²) in [5.74, 6) is 0. The lowest BCUT2D eigenvalue weighted by Crippen LogP contribution is -1.67. The van der Waals surface area contributed by atoms with Gasteiger partial charge in [0.15, 0.2) is 6.34 Å². The molecule has 0 N–H and O–H groups in total. The molecule has 0 rings (SSSR count). The van der Waals surface area contributed by atoms with E-state index in [1.807, 2.05) is 0 Å². The van der Waals surface area contributed by atoms with Crippen LogP contribution >= 0.6 is 0 Å². The number of hydrogen-bond donors (Lipinski definition) is 0. The van der Waals surface area contributed by atoms with Crippen LogP contribution in [0.25, 0.3) is 0 Å². The second kappa shape index (κ2) is 5.88. The molecule has 0 aliphatic heterocycles. The Balaban J connectivity index is 3.19. The fourth-order valence-corrected chi connectivity index (χ4v) is 0.164. The molecule has 0 unspecified atom stereocenters. The molecule has 0 aliphatic rings. The molecule has 0 aliphatic carbocycles. The summed E-state index contributed by atoms with van der Waals surface area (Å²) in [4.78, 5) is 7.98. The van der Waals surface area contributed by atoms with Gasteiger partial charge in [0.2, 0.25) is 0 Å². The number of nitrogens with zero attached hydrogens (tertiary/aromatic N) is 2. The van der Waals surface area contributed by atoms with Crippen molar-refractivity contribution in [3.63, 3.8) is 0 Å². The molecule has 0 saturated heterocycles. The largest absolute Gasteiger partial charge is 0.364 e. The van der Waals surface area contributed by atoms with Crippen molar-refractivity contribution in [3.05, 3.63) is 12.8 Å². The minimum Gasteiger partial charge on any atom is -0.364 e. The average Bonchev–Trinajstić information content (AvgIpc) is 1.81. The van der Waals surface area contributed by atoms with Gasteiger partial charge in [-0.05, 0) is 6.92 Å². The molecule has 3 nitrogen and oxygen atoms in total. The van der Waals surface area contributed by atoms with Gasteiger partial charge >= 0.3 is 0 Å². The third kappa shape index (κ3) is 4.88. The van der Waals surface area contributed by atoms with Gasteiger partial charge in [-0.3, -0.25) is 0 Å². The Hall–Kier alpha value is -1.12. The van der Waals surface area contributed by atoms with E-state index in [4.69, 9.17) is 0 Å². The second-order valence-corrected chi connectivity index (χ2v) is 0.900. The Bertz CT molecular complexity index is 107. The van der Waals surface area contributed by atoms with Crippen molar-refractivity contribution in [1.82, 2.24) is 0 Å². The first-order valence-electron chi connectivity index (χ1n) is 2.18. The van der Waals surface area contributed by atoms with E-state index in [9.17, 15) is 0 Å². The Morgan fingerprint density at radius 2 is 2.38 bits per heavy atom. The maximum absolute atomic E-state index is 4.36. The van der Waals surface area contributed by atoms with E-state index in [0.29, 0.717) is 0 Å². The van der Waals surface area contributed by atoms with Crippen LogP contribution in [0.4, 0.5) is 0 Å². The maximum atomic E-state index is 4.36. The molecule has 8 heavy (non-hydrogen) atoms. The van der Waals surface area contributed by atoms with Crippen LogP contribution in [0.1, 0.15) is 6.92 Å². The number of rotatable bonds is 3. The standard InChI is InChI=1S/C5H8N2O/c1-3-6-5-7-8-4-2/h3-5H,2H2,1H3/b6-3+,7-5-. The van der Waals surface area contributed by atoms with E-state index >= 15 is 0 Å². The van der Waals surface area contributed by atoms with Crippen LogP contribution in [0.2, 0.25) is 0 Å². The monoisotopic (exact) mass is 112 g/mol. The zero-order chi connectivity index (χ0) is 6.24. The molecular formula is C5H8N2O. The zero-order valence-corrected chi connectivity index (χ0v) is 4.74. The summed E-state index contributed by atoms with van der Waals surface area (Å²) >= 11 is 0. The first-order chi connectivity index (χ1) is 3.91. The van der Waals surface area contributed by atoms with Gasteiger partial charge in [0, 0.05) is 6.21 Å². The predicted octanol–water partition coefficient (Wildman–Crippen LogP) is 1.18. The quantitative estimate of drug-likeness (QED) is 0.233. The van der Waals surface area contributed by atoms with E-state index in [0.717, 1.165) is 0 Å². The molecule has 0 aromatic rings. The lowest BCUT2D eigenvalue weighted by Gasteiger charge is -1.79. The molecule has 0 fully saturated rings. The summed E-state index contributed by atoms with van der Waals surface area (Å²) in [6.45, 7) is 5.06. The third-order valence-corrected chi connectivity index (χ3v) is 0.398. The molecule has 0 amide bonds. The fraction of sp³-hybridized carbons (Fsp3) is 0.200. The predicted molar refractivity (Wildman–Crippen MR) is 33.9 cm³/mol. The van der Waals surface area contributed by atoms with Crippen molar-refractivity contribution >= 4 is 12.6 Å². The van der Waals surface area contributed by atoms with Gasteiger partial charge in [-0.1, -0.05) is 11.7 Å². The van der Waals surface area contributed by atoms with E-state index in [-0.39, 0.29) is 0 Å². The number of oxime groups is 1. The summed E-state index contributed by atoms with van der Waals surface area (Å²) < 4.78 is 0. The summed E-state index contributed by atoms with van der Waals surface area (Å²) in [5.41, 5.74) is 0. The van der Waals surface area contributed by atoms with Crippen molar-refractivity contribution < 1.29 is 4.84 Å². The van der Waals surface area contributed by atoms with Crippen LogP contribution in [-0.2, 0) is 4.84 Å². The minimum absolute atomic E-state index is 1.22. The van der Waals surface area contributed by atoms with Crippen LogP contribution in [0.15, 0.2) is 23.0 Å². The fourth-order valence-electron chi connectivity index (χ4n) is 0.164. The lowest BCUT2D eigenvalue weighted by atomic mass is 10.9. The Kier molecular flexibility index (Phi) is 5.06.